The fourth-order valence-corrected chi connectivity index (χ4v) is 4.56. The summed E-state index contributed by atoms with van der Waals surface area (Å²) in [6.45, 7) is 8.75. The number of rotatable bonds is 7. The minimum atomic E-state index is -0.782. The number of aliphatic hydroxyl groups is 1. The highest BCUT2D eigenvalue weighted by Crippen LogP contribution is 2.42. The van der Waals surface area contributed by atoms with Crippen LogP contribution in [0.25, 0.3) is 5.76 Å². The second kappa shape index (κ2) is 10.5. The first-order valence-corrected chi connectivity index (χ1v) is 12.2. The molecule has 1 aromatic heterocycles. The van der Waals surface area contributed by atoms with Crippen LogP contribution in [0.5, 0.6) is 11.5 Å². The summed E-state index contributed by atoms with van der Waals surface area (Å²) in [5.74, 6) is -0.257. The molecule has 2 heterocycles. The van der Waals surface area contributed by atoms with Crippen molar-refractivity contribution in [3.63, 3.8) is 0 Å². The molecular formula is C30H32N2O5. The molecule has 1 aliphatic rings. The topological polar surface area (TPSA) is 89.0 Å². The molecular weight excluding hydrogens is 468 g/mol. The number of amides is 1. The van der Waals surface area contributed by atoms with Gasteiger partial charge < -0.3 is 19.5 Å². The highest BCUT2D eigenvalue weighted by Gasteiger charge is 2.46. The Hall–Kier alpha value is -4.13. The van der Waals surface area contributed by atoms with Gasteiger partial charge in [-0.2, -0.15) is 0 Å². The Balaban J connectivity index is 1.88. The Morgan fingerprint density at radius 3 is 2.41 bits per heavy atom. The number of hydrogen-bond acceptors (Lipinski definition) is 6. The van der Waals surface area contributed by atoms with E-state index in [1.165, 1.54) is 4.90 Å². The predicted molar refractivity (Wildman–Crippen MR) is 141 cm³/mol. The van der Waals surface area contributed by atoms with Crippen molar-refractivity contribution >= 4 is 17.4 Å². The van der Waals surface area contributed by atoms with E-state index in [1.807, 2.05) is 19.1 Å². The van der Waals surface area contributed by atoms with E-state index >= 15 is 0 Å². The smallest absolute Gasteiger partial charge is 0.295 e. The first kappa shape index (κ1) is 25.9. The molecule has 7 heteroatoms. The number of ether oxygens (including phenoxy) is 2. The summed E-state index contributed by atoms with van der Waals surface area (Å²) in [7, 11) is 1.57. The highest BCUT2D eigenvalue weighted by atomic mass is 16.5. The lowest BCUT2D eigenvalue weighted by Gasteiger charge is -2.26. The van der Waals surface area contributed by atoms with Crippen LogP contribution >= 0.6 is 0 Å². The lowest BCUT2D eigenvalue weighted by Crippen LogP contribution is -2.29. The van der Waals surface area contributed by atoms with Crippen LogP contribution in [-0.2, 0) is 21.5 Å². The third-order valence-electron chi connectivity index (χ3n) is 6.41. The summed E-state index contributed by atoms with van der Waals surface area (Å²) in [4.78, 5) is 32.3. The van der Waals surface area contributed by atoms with Crippen molar-refractivity contribution in [2.45, 2.75) is 45.7 Å². The van der Waals surface area contributed by atoms with Crippen molar-refractivity contribution in [1.29, 1.82) is 0 Å². The van der Waals surface area contributed by atoms with E-state index in [-0.39, 0.29) is 23.3 Å². The van der Waals surface area contributed by atoms with Gasteiger partial charge in [-0.1, -0.05) is 39.0 Å². The number of methoxy groups -OCH3 is 1. The SMILES string of the molecule is CCOc1ccc(/C(O)=C2/C(=O)C(=O)N(Cc3cccnc3)C2c2ccc(OC)cc2)cc1C(C)(C)C. The van der Waals surface area contributed by atoms with Gasteiger partial charge >= 0.3 is 0 Å². The molecule has 192 valence electrons. The van der Waals surface area contributed by atoms with Gasteiger partial charge in [0.1, 0.15) is 17.3 Å². The number of likely N-dealkylation sites (tertiary alicyclic amines) is 1. The van der Waals surface area contributed by atoms with Gasteiger partial charge in [-0.15, -0.1) is 0 Å². The maximum atomic E-state index is 13.4. The maximum absolute atomic E-state index is 13.4. The molecule has 4 rings (SSSR count). The molecule has 0 bridgehead atoms. The largest absolute Gasteiger partial charge is 0.507 e. The Morgan fingerprint density at radius 1 is 1.08 bits per heavy atom. The second-order valence-corrected chi connectivity index (χ2v) is 9.96. The van der Waals surface area contributed by atoms with Crippen LogP contribution in [-0.4, -0.2) is 40.4 Å². The Labute approximate surface area is 217 Å². The van der Waals surface area contributed by atoms with E-state index in [1.54, 1.807) is 62.0 Å². The zero-order valence-corrected chi connectivity index (χ0v) is 21.8. The minimum absolute atomic E-state index is 0.0445. The summed E-state index contributed by atoms with van der Waals surface area (Å²) < 4.78 is 11.1. The van der Waals surface area contributed by atoms with Crippen molar-refractivity contribution in [2.75, 3.05) is 13.7 Å². The van der Waals surface area contributed by atoms with Crippen LogP contribution in [0.3, 0.4) is 0 Å². The zero-order valence-electron chi connectivity index (χ0n) is 21.8. The Morgan fingerprint density at radius 2 is 1.81 bits per heavy atom. The van der Waals surface area contributed by atoms with Crippen LogP contribution in [0.15, 0.2) is 72.6 Å². The molecule has 1 fully saturated rings. The molecule has 7 nitrogen and oxygen atoms in total. The lowest BCUT2D eigenvalue weighted by molar-refractivity contribution is -0.140. The van der Waals surface area contributed by atoms with Crippen LogP contribution in [0, 0.1) is 0 Å². The molecule has 1 atom stereocenters. The fraction of sp³-hybridized carbons (Fsp3) is 0.300. The Kier molecular flexibility index (Phi) is 7.34. The third kappa shape index (κ3) is 5.21. The average molecular weight is 501 g/mol. The van der Waals surface area contributed by atoms with E-state index in [0.717, 1.165) is 16.9 Å². The number of carbonyl (C=O) groups excluding carboxylic acids is 2. The predicted octanol–water partition coefficient (Wildman–Crippen LogP) is 5.41. The number of aliphatic hydroxyl groups excluding tert-OH is 1. The molecule has 3 aromatic rings. The van der Waals surface area contributed by atoms with E-state index in [0.29, 0.717) is 23.5 Å². The molecule has 1 N–H and O–H groups in total. The average Bonchev–Trinajstić information content (AvgIpc) is 3.13. The first-order valence-electron chi connectivity index (χ1n) is 12.2. The van der Waals surface area contributed by atoms with Crippen molar-refractivity contribution in [3.05, 3.63) is 94.8 Å². The molecule has 0 saturated carbocycles. The summed E-state index contributed by atoms with van der Waals surface area (Å²) in [5, 5.41) is 11.5. The number of nitrogens with zero attached hydrogens (tertiary/aromatic N) is 2. The van der Waals surface area contributed by atoms with E-state index < -0.39 is 17.7 Å². The van der Waals surface area contributed by atoms with Crippen molar-refractivity contribution in [1.82, 2.24) is 9.88 Å². The third-order valence-corrected chi connectivity index (χ3v) is 6.41. The second-order valence-electron chi connectivity index (χ2n) is 9.96. The van der Waals surface area contributed by atoms with Gasteiger partial charge in [-0.3, -0.25) is 14.6 Å². The molecule has 1 amide bonds. The highest BCUT2D eigenvalue weighted by molar-refractivity contribution is 6.46. The molecule has 0 radical (unpaired) electrons. The van der Waals surface area contributed by atoms with Crippen LogP contribution in [0.1, 0.15) is 56.0 Å². The number of ketones is 1. The summed E-state index contributed by atoms with van der Waals surface area (Å²) in [6, 6.07) is 15.3. The number of hydrogen-bond donors (Lipinski definition) is 1. The van der Waals surface area contributed by atoms with Crippen molar-refractivity contribution < 1.29 is 24.2 Å². The van der Waals surface area contributed by atoms with Crippen molar-refractivity contribution in [2.24, 2.45) is 0 Å². The van der Waals surface area contributed by atoms with Gasteiger partial charge in [0, 0.05) is 30.1 Å². The van der Waals surface area contributed by atoms with Gasteiger partial charge in [-0.05, 0) is 59.9 Å². The van der Waals surface area contributed by atoms with E-state index in [4.69, 9.17) is 9.47 Å². The van der Waals surface area contributed by atoms with Crippen LogP contribution < -0.4 is 9.47 Å². The number of pyridine rings is 1. The Bertz CT molecular complexity index is 1320. The van der Waals surface area contributed by atoms with Gasteiger partial charge in [0.05, 0.1) is 25.3 Å². The first-order chi connectivity index (χ1) is 17.7. The fourth-order valence-electron chi connectivity index (χ4n) is 4.56. The van der Waals surface area contributed by atoms with Crippen molar-refractivity contribution in [3.8, 4) is 11.5 Å². The van der Waals surface area contributed by atoms with Crippen LogP contribution in [0.2, 0.25) is 0 Å². The molecule has 2 aromatic carbocycles. The maximum Gasteiger partial charge on any atom is 0.295 e. The summed E-state index contributed by atoms with van der Waals surface area (Å²) >= 11 is 0. The molecule has 0 spiro atoms. The number of benzene rings is 2. The van der Waals surface area contributed by atoms with Gasteiger partial charge in [0.15, 0.2) is 0 Å². The molecule has 37 heavy (non-hydrogen) atoms. The number of aromatic nitrogens is 1. The zero-order chi connectivity index (χ0) is 26.7. The van der Waals surface area contributed by atoms with E-state index in [9.17, 15) is 14.7 Å². The van der Waals surface area contributed by atoms with E-state index in [2.05, 4.69) is 25.8 Å². The minimum Gasteiger partial charge on any atom is -0.507 e. The van der Waals surface area contributed by atoms with Gasteiger partial charge in [0.2, 0.25) is 0 Å². The van der Waals surface area contributed by atoms with Gasteiger partial charge in [-0.25, -0.2) is 0 Å². The molecule has 1 aliphatic heterocycles. The quantitative estimate of drug-likeness (QED) is 0.265. The summed E-state index contributed by atoms with van der Waals surface area (Å²) in [6.07, 6.45) is 3.31. The standard InChI is InChI=1S/C30H32N2O5/c1-6-37-24-14-11-21(16-23(24)30(2,3)4)27(33)25-26(20-9-12-22(36-5)13-10-20)32(29(35)28(25)34)18-19-8-7-15-31-17-19/h7-17,26,33H,6,18H2,1-5H3/b27-25-. The molecule has 1 unspecified atom stereocenters. The molecule has 0 aliphatic carbocycles. The number of carbonyl (C=O) groups is 2. The monoisotopic (exact) mass is 500 g/mol. The number of Topliss-reactive ketones (excluding diaryl/α,β-unsaturated/α-hetero) is 1. The summed E-state index contributed by atoms with van der Waals surface area (Å²) in [5.41, 5.74) is 2.58. The molecule has 1 saturated heterocycles. The lowest BCUT2D eigenvalue weighted by atomic mass is 9.84. The van der Waals surface area contributed by atoms with Crippen LogP contribution in [0.4, 0.5) is 0 Å². The van der Waals surface area contributed by atoms with Gasteiger partial charge in [0.25, 0.3) is 11.7 Å². The normalized spacial score (nSPS) is 17.2.